The molecule has 2 N–H and O–H groups in total. The van der Waals surface area contributed by atoms with Gasteiger partial charge >= 0.3 is 0 Å². The van der Waals surface area contributed by atoms with E-state index < -0.39 is 0 Å². The Labute approximate surface area is 164 Å². The second kappa shape index (κ2) is 8.25. The lowest BCUT2D eigenvalue weighted by molar-refractivity contribution is -0.115. The van der Waals surface area contributed by atoms with Gasteiger partial charge in [0.05, 0.1) is 6.04 Å². The standard InChI is InChI=1S/C22H25N3O3/c1-14-7-4-5-8-20(14)21-9-6-10-25(21)22(28)17-11-18(23-15(2)26)13-19(12-17)24-16(3)27/h4-5,7-8,11-13,21H,6,9-10H2,1-3H3,(H,23,26)(H,24,27)/t21-/m0/s1. The van der Waals surface area contributed by atoms with Crippen LogP contribution >= 0.6 is 0 Å². The van der Waals surface area contributed by atoms with Crippen molar-refractivity contribution in [2.24, 2.45) is 0 Å². The molecule has 6 nitrogen and oxygen atoms in total. The molecule has 3 rings (SSSR count). The molecule has 28 heavy (non-hydrogen) atoms. The Balaban J connectivity index is 1.94. The predicted molar refractivity (Wildman–Crippen MR) is 109 cm³/mol. The van der Waals surface area contributed by atoms with E-state index in [1.165, 1.54) is 13.8 Å². The minimum absolute atomic E-state index is 0.0299. The number of hydrogen-bond donors (Lipinski definition) is 2. The van der Waals surface area contributed by atoms with Crippen molar-refractivity contribution in [3.63, 3.8) is 0 Å². The van der Waals surface area contributed by atoms with Crippen LogP contribution in [0.4, 0.5) is 11.4 Å². The number of carbonyl (C=O) groups excluding carboxylic acids is 3. The fourth-order valence-corrected chi connectivity index (χ4v) is 3.76. The van der Waals surface area contributed by atoms with Crippen molar-refractivity contribution in [3.8, 4) is 0 Å². The summed E-state index contributed by atoms with van der Waals surface area (Å²) >= 11 is 0. The first-order valence-corrected chi connectivity index (χ1v) is 9.42. The lowest BCUT2D eigenvalue weighted by atomic mass is 9.99. The highest BCUT2D eigenvalue weighted by atomic mass is 16.2. The maximum Gasteiger partial charge on any atom is 0.254 e. The van der Waals surface area contributed by atoms with Gasteiger partial charge in [-0.3, -0.25) is 14.4 Å². The molecule has 6 heteroatoms. The summed E-state index contributed by atoms with van der Waals surface area (Å²) < 4.78 is 0. The Morgan fingerprint density at radius 3 is 2.14 bits per heavy atom. The van der Waals surface area contributed by atoms with Crippen molar-refractivity contribution in [1.29, 1.82) is 0 Å². The number of nitrogens with one attached hydrogen (secondary N) is 2. The van der Waals surface area contributed by atoms with Gasteiger partial charge in [0, 0.05) is 37.3 Å². The smallest absolute Gasteiger partial charge is 0.254 e. The van der Waals surface area contributed by atoms with Crippen molar-refractivity contribution in [2.75, 3.05) is 17.2 Å². The van der Waals surface area contributed by atoms with Crippen LogP contribution < -0.4 is 10.6 Å². The van der Waals surface area contributed by atoms with Crippen LogP contribution in [0.15, 0.2) is 42.5 Å². The molecule has 3 amide bonds. The lowest BCUT2D eigenvalue weighted by Gasteiger charge is -2.27. The van der Waals surface area contributed by atoms with Crippen molar-refractivity contribution in [2.45, 2.75) is 39.7 Å². The quantitative estimate of drug-likeness (QED) is 0.846. The molecule has 2 aromatic carbocycles. The number of aryl methyl sites for hydroxylation is 1. The molecule has 0 unspecified atom stereocenters. The molecule has 0 bridgehead atoms. The Kier molecular flexibility index (Phi) is 5.78. The average Bonchev–Trinajstić information content (AvgIpc) is 3.09. The summed E-state index contributed by atoms with van der Waals surface area (Å²) in [4.78, 5) is 38.1. The van der Waals surface area contributed by atoms with Crippen LogP contribution in [-0.4, -0.2) is 29.2 Å². The largest absolute Gasteiger partial charge is 0.332 e. The third kappa shape index (κ3) is 4.39. The van der Waals surface area contributed by atoms with Crippen LogP contribution in [0.5, 0.6) is 0 Å². The molecule has 0 spiro atoms. The van der Waals surface area contributed by atoms with Gasteiger partial charge in [0.2, 0.25) is 11.8 Å². The highest BCUT2D eigenvalue weighted by Gasteiger charge is 2.31. The average molecular weight is 379 g/mol. The molecule has 0 saturated carbocycles. The van der Waals surface area contributed by atoms with E-state index in [0.717, 1.165) is 24.0 Å². The maximum atomic E-state index is 13.3. The van der Waals surface area contributed by atoms with E-state index in [1.54, 1.807) is 18.2 Å². The summed E-state index contributed by atoms with van der Waals surface area (Å²) in [7, 11) is 0. The lowest BCUT2D eigenvalue weighted by Crippen LogP contribution is -2.31. The fourth-order valence-electron chi connectivity index (χ4n) is 3.76. The summed E-state index contributed by atoms with van der Waals surface area (Å²) in [6, 6.07) is 13.1. The van der Waals surface area contributed by atoms with Gasteiger partial charge < -0.3 is 15.5 Å². The van der Waals surface area contributed by atoms with Gasteiger partial charge in [-0.25, -0.2) is 0 Å². The van der Waals surface area contributed by atoms with Crippen LogP contribution in [-0.2, 0) is 9.59 Å². The third-order valence-electron chi connectivity index (χ3n) is 4.88. The molecule has 1 heterocycles. The van der Waals surface area contributed by atoms with Gasteiger partial charge in [-0.15, -0.1) is 0 Å². The molecular weight excluding hydrogens is 354 g/mol. The van der Waals surface area contributed by atoms with Gasteiger partial charge in [0.15, 0.2) is 0 Å². The fraction of sp³-hybridized carbons (Fsp3) is 0.318. The Morgan fingerprint density at radius 2 is 1.57 bits per heavy atom. The predicted octanol–water partition coefficient (Wildman–Crippen LogP) is 3.89. The van der Waals surface area contributed by atoms with E-state index in [1.807, 2.05) is 17.0 Å². The van der Waals surface area contributed by atoms with Crippen molar-refractivity contribution >= 4 is 29.1 Å². The summed E-state index contributed by atoms with van der Waals surface area (Å²) in [5.41, 5.74) is 3.73. The molecule has 0 aromatic heterocycles. The van der Waals surface area contributed by atoms with Crippen LogP contribution in [0.3, 0.4) is 0 Å². The van der Waals surface area contributed by atoms with E-state index in [-0.39, 0.29) is 23.8 Å². The van der Waals surface area contributed by atoms with E-state index in [4.69, 9.17) is 0 Å². The van der Waals surface area contributed by atoms with E-state index >= 15 is 0 Å². The van der Waals surface area contributed by atoms with Crippen LogP contribution in [0.2, 0.25) is 0 Å². The molecule has 1 saturated heterocycles. The van der Waals surface area contributed by atoms with Crippen LogP contribution in [0, 0.1) is 6.92 Å². The molecule has 1 aliphatic rings. The Morgan fingerprint density at radius 1 is 0.964 bits per heavy atom. The molecule has 1 atom stereocenters. The van der Waals surface area contributed by atoms with Crippen molar-refractivity contribution in [1.82, 2.24) is 4.90 Å². The number of nitrogens with zero attached hydrogens (tertiary/aromatic N) is 1. The first-order valence-electron chi connectivity index (χ1n) is 9.42. The Bertz CT molecular complexity index is 889. The summed E-state index contributed by atoms with van der Waals surface area (Å²) in [6.45, 7) is 5.54. The topological polar surface area (TPSA) is 78.5 Å². The number of benzene rings is 2. The molecule has 146 valence electrons. The normalized spacial score (nSPS) is 16.0. The van der Waals surface area contributed by atoms with Crippen LogP contribution in [0.25, 0.3) is 0 Å². The molecule has 1 fully saturated rings. The van der Waals surface area contributed by atoms with Gasteiger partial charge in [-0.2, -0.15) is 0 Å². The monoisotopic (exact) mass is 379 g/mol. The second-order valence-corrected chi connectivity index (χ2v) is 7.17. The minimum atomic E-state index is -0.239. The number of hydrogen-bond acceptors (Lipinski definition) is 3. The molecule has 0 radical (unpaired) electrons. The highest BCUT2D eigenvalue weighted by molar-refractivity contribution is 6.00. The van der Waals surface area contributed by atoms with Gasteiger partial charge in [0.25, 0.3) is 5.91 Å². The van der Waals surface area contributed by atoms with Gasteiger partial charge in [-0.05, 0) is 49.1 Å². The van der Waals surface area contributed by atoms with Crippen molar-refractivity contribution < 1.29 is 14.4 Å². The number of anilines is 2. The summed E-state index contributed by atoms with van der Waals surface area (Å²) in [6.07, 6.45) is 1.86. The number of amides is 3. The zero-order chi connectivity index (χ0) is 20.3. The molecule has 0 aliphatic carbocycles. The van der Waals surface area contributed by atoms with Gasteiger partial charge in [0.1, 0.15) is 0 Å². The summed E-state index contributed by atoms with van der Waals surface area (Å²) in [5.74, 6) is -0.584. The number of likely N-dealkylation sites (tertiary alicyclic amines) is 1. The van der Waals surface area contributed by atoms with Gasteiger partial charge in [-0.1, -0.05) is 24.3 Å². The van der Waals surface area contributed by atoms with E-state index in [2.05, 4.69) is 29.7 Å². The SMILES string of the molecule is CC(=O)Nc1cc(NC(C)=O)cc(C(=O)N2CCC[C@H]2c2ccccc2C)c1. The highest BCUT2D eigenvalue weighted by Crippen LogP contribution is 2.35. The van der Waals surface area contributed by atoms with E-state index in [0.29, 0.717) is 23.5 Å². The zero-order valence-corrected chi connectivity index (χ0v) is 16.4. The zero-order valence-electron chi connectivity index (χ0n) is 16.4. The number of carbonyl (C=O) groups is 3. The first kappa shape index (κ1) is 19.6. The third-order valence-corrected chi connectivity index (χ3v) is 4.88. The molecule has 2 aromatic rings. The van der Waals surface area contributed by atoms with Crippen molar-refractivity contribution in [3.05, 3.63) is 59.2 Å². The second-order valence-electron chi connectivity index (χ2n) is 7.17. The minimum Gasteiger partial charge on any atom is -0.332 e. The molecular formula is C22H25N3O3. The summed E-state index contributed by atoms with van der Waals surface area (Å²) in [5, 5.41) is 5.39. The van der Waals surface area contributed by atoms with Crippen LogP contribution in [0.1, 0.15) is 54.2 Å². The maximum absolute atomic E-state index is 13.3. The molecule has 1 aliphatic heterocycles. The van der Waals surface area contributed by atoms with E-state index in [9.17, 15) is 14.4 Å². The Hall–Kier alpha value is -3.15. The number of rotatable bonds is 4. The first-order chi connectivity index (χ1) is 13.3.